The van der Waals surface area contributed by atoms with Crippen LogP contribution in [0, 0.1) is 0 Å². The molecule has 0 aliphatic carbocycles. The monoisotopic (exact) mass is 363 g/mol. The summed E-state index contributed by atoms with van der Waals surface area (Å²) in [6, 6.07) is 14.3. The fourth-order valence-electron chi connectivity index (χ4n) is 2.18. The van der Waals surface area contributed by atoms with Gasteiger partial charge in [0.2, 0.25) is 0 Å². The summed E-state index contributed by atoms with van der Waals surface area (Å²) in [7, 11) is 0. The molecule has 6 heteroatoms. The highest BCUT2D eigenvalue weighted by molar-refractivity contribution is 8.18. The van der Waals surface area contributed by atoms with Crippen molar-refractivity contribution >= 4 is 52.2 Å². The molecule has 1 saturated heterocycles. The highest BCUT2D eigenvalue weighted by Crippen LogP contribution is 2.34. The van der Waals surface area contributed by atoms with Crippen molar-refractivity contribution in [3.05, 3.63) is 74.6 Å². The van der Waals surface area contributed by atoms with Crippen LogP contribution in [0.4, 0.5) is 4.79 Å². The van der Waals surface area contributed by atoms with Crippen molar-refractivity contribution in [3.8, 4) is 0 Å². The number of carbonyl (C=O) groups excluding carboxylic acids is 2. The van der Waals surface area contributed by atoms with Crippen LogP contribution >= 0.6 is 35.0 Å². The first kappa shape index (κ1) is 16.1. The smallest absolute Gasteiger partial charge is 0.268 e. The molecule has 0 saturated carbocycles. The molecule has 3 rings (SSSR count). The zero-order valence-electron chi connectivity index (χ0n) is 11.8. The fraction of sp³-hybridized carbons (Fsp3) is 0.0588. The van der Waals surface area contributed by atoms with Crippen molar-refractivity contribution in [1.82, 2.24) is 4.90 Å². The maximum absolute atomic E-state index is 12.5. The van der Waals surface area contributed by atoms with Crippen LogP contribution in [0.5, 0.6) is 0 Å². The summed E-state index contributed by atoms with van der Waals surface area (Å²) in [6.45, 7) is 0.164. The summed E-state index contributed by atoms with van der Waals surface area (Å²) in [5.41, 5.74) is 1.52. The molecule has 3 nitrogen and oxygen atoms in total. The van der Waals surface area contributed by atoms with Gasteiger partial charge in [-0.25, -0.2) is 0 Å². The molecule has 2 amide bonds. The van der Waals surface area contributed by atoms with E-state index in [4.69, 9.17) is 23.2 Å². The molecule has 0 bridgehead atoms. The van der Waals surface area contributed by atoms with Gasteiger partial charge in [-0.05, 0) is 47.2 Å². The third-order valence-electron chi connectivity index (χ3n) is 3.31. The molecule has 2 aromatic rings. The second-order valence-electron chi connectivity index (χ2n) is 4.91. The van der Waals surface area contributed by atoms with Gasteiger partial charge in [-0.3, -0.25) is 14.5 Å². The molecule has 116 valence electrons. The Labute approximate surface area is 147 Å². The Morgan fingerprint density at radius 3 is 2.57 bits per heavy atom. The summed E-state index contributed by atoms with van der Waals surface area (Å²) in [6.07, 6.45) is 1.67. The Morgan fingerprint density at radius 1 is 1.04 bits per heavy atom. The number of thioether (sulfide) groups is 1. The number of imide groups is 1. The lowest BCUT2D eigenvalue weighted by Gasteiger charge is -2.13. The summed E-state index contributed by atoms with van der Waals surface area (Å²) in [5, 5.41) is 0.808. The lowest BCUT2D eigenvalue weighted by Crippen LogP contribution is -2.27. The van der Waals surface area contributed by atoms with Gasteiger partial charge >= 0.3 is 0 Å². The highest BCUT2D eigenvalue weighted by atomic mass is 35.5. The Hall–Kier alpha value is -1.75. The minimum Gasteiger partial charge on any atom is -0.268 e. The molecule has 1 heterocycles. The third kappa shape index (κ3) is 3.61. The van der Waals surface area contributed by atoms with Gasteiger partial charge in [0, 0.05) is 10.0 Å². The van der Waals surface area contributed by atoms with E-state index >= 15 is 0 Å². The molecule has 0 unspecified atom stereocenters. The zero-order valence-corrected chi connectivity index (χ0v) is 14.2. The van der Waals surface area contributed by atoms with Crippen molar-refractivity contribution in [2.75, 3.05) is 0 Å². The summed E-state index contributed by atoms with van der Waals surface area (Å²) >= 11 is 13.0. The Bertz CT molecular complexity index is 820. The Balaban J connectivity index is 1.84. The SMILES string of the molecule is O=C1S/C(=C\c2cccc(Cl)c2)C(=O)N1Cc1ccccc1Cl. The number of rotatable bonds is 3. The first-order valence-electron chi connectivity index (χ1n) is 6.79. The van der Waals surface area contributed by atoms with E-state index < -0.39 is 0 Å². The van der Waals surface area contributed by atoms with Crippen LogP contribution in [-0.4, -0.2) is 16.0 Å². The minimum absolute atomic E-state index is 0.164. The Kier molecular flexibility index (Phi) is 4.76. The molecule has 0 N–H and O–H groups in total. The van der Waals surface area contributed by atoms with Gasteiger partial charge in [0.25, 0.3) is 11.1 Å². The van der Waals surface area contributed by atoms with Gasteiger partial charge in [-0.15, -0.1) is 0 Å². The van der Waals surface area contributed by atoms with Crippen LogP contribution in [0.15, 0.2) is 53.4 Å². The van der Waals surface area contributed by atoms with Crippen molar-refractivity contribution in [2.24, 2.45) is 0 Å². The predicted molar refractivity (Wildman–Crippen MR) is 94.4 cm³/mol. The van der Waals surface area contributed by atoms with Gasteiger partial charge in [-0.2, -0.15) is 0 Å². The number of hydrogen-bond acceptors (Lipinski definition) is 3. The van der Waals surface area contributed by atoms with Crippen LogP contribution in [0.3, 0.4) is 0 Å². The lowest BCUT2D eigenvalue weighted by atomic mass is 10.2. The molecule has 1 fully saturated rings. The standard InChI is InChI=1S/C17H11Cl2NO2S/c18-13-6-3-4-11(8-13)9-15-16(21)20(17(22)23-15)10-12-5-1-2-7-14(12)19/h1-9H,10H2/b15-9-. The topological polar surface area (TPSA) is 37.4 Å². The largest absolute Gasteiger partial charge is 0.293 e. The van der Waals surface area contributed by atoms with Crippen LogP contribution in [0.1, 0.15) is 11.1 Å². The van der Waals surface area contributed by atoms with Gasteiger partial charge in [0.1, 0.15) is 0 Å². The van der Waals surface area contributed by atoms with E-state index in [0.717, 1.165) is 22.9 Å². The molecule has 0 aromatic heterocycles. The van der Waals surface area contributed by atoms with E-state index in [1.54, 1.807) is 42.5 Å². The highest BCUT2D eigenvalue weighted by Gasteiger charge is 2.35. The number of nitrogens with zero attached hydrogens (tertiary/aromatic N) is 1. The number of benzene rings is 2. The fourth-order valence-corrected chi connectivity index (χ4v) is 3.41. The van der Waals surface area contributed by atoms with Crippen LogP contribution in [0.25, 0.3) is 6.08 Å². The number of carbonyl (C=O) groups is 2. The number of hydrogen-bond donors (Lipinski definition) is 0. The van der Waals surface area contributed by atoms with Crippen LogP contribution in [0.2, 0.25) is 10.0 Å². The maximum atomic E-state index is 12.5. The molecule has 0 atom stereocenters. The van der Waals surface area contributed by atoms with Crippen molar-refractivity contribution in [1.29, 1.82) is 0 Å². The van der Waals surface area contributed by atoms with Crippen LogP contribution < -0.4 is 0 Å². The molecule has 0 spiro atoms. The van der Waals surface area contributed by atoms with Gasteiger partial charge in [-0.1, -0.05) is 53.5 Å². The van der Waals surface area contributed by atoms with E-state index in [1.807, 2.05) is 12.1 Å². The first-order chi connectivity index (χ1) is 11.0. The van der Waals surface area contributed by atoms with Crippen molar-refractivity contribution in [3.63, 3.8) is 0 Å². The average molecular weight is 364 g/mol. The normalized spacial score (nSPS) is 16.4. The van der Waals surface area contributed by atoms with Gasteiger partial charge in [0.05, 0.1) is 11.4 Å². The third-order valence-corrected chi connectivity index (χ3v) is 4.82. The quantitative estimate of drug-likeness (QED) is 0.700. The molecule has 0 radical (unpaired) electrons. The van der Waals surface area contributed by atoms with Crippen molar-refractivity contribution < 1.29 is 9.59 Å². The number of amides is 2. The second kappa shape index (κ2) is 6.79. The Morgan fingerprint density at radius 2 is 1.83 bits per heavy atom. The van der Waals surface area contributed by atoms with Gasteiger partial charge in [0.15, 0.2) is 0 Å². The van der Waals surface area contributed by atoms with E-state index in [9.17, 15) is 9.59 Å². The predicted octanol–water partition coefficient (Wildman–Crippen LogP) is 5.23. The van der Waals surface area contributed by atoms with E-state index in [2.05, 4.69) is 0 Å². The summed E-state index contributed by atoms with van der Waals surface area (Å²) in [5.74, 6) is -0.320. The summed E-state index contributed by atoms with van der Waals surface area (Å²) < 4.78 is 0. The molecular weight excluding hydrogens is 353 g/mol. The van der Waals surface area contributed by atoms with E-state index in [1.165, 1.54) is 4.90 Å². The van der Waals surface area contributed by atoms with Crippen molar-refractivity contribution in [2.45, 2.75) is 6.54 Å². The van der Waals surface area contributed by atoms with E-state index in [-0.39, 0.29) is 17.7 Å². The molecular formula is C17H11Cl2NO2S. The molecule has 1 aliphatic heterocycles. The zero-order chi connectivity index (χ0) is 16.4. The second-order valence-corrected chi connectivity index (χ2v) is 6.75. The lowest BCUT2D eigenvalue weighted by molar-refractivity contribution is -0.123. The summed E-state index contributed by atoms with van der Waals surface area (Å²) in [4.78, 5) is 26.2. The maximum Gasteiger partial charge on any atom is 0.293 e. The van der Waals surface area contributed by atoms with E-state index in [0.29, 0.717) is 15.0 Å². The molecule has 1 aliphatic rings. The molecule has 2 aromatic carbocycles. The number of halogens is 2. The molecule has 23 heavy (non-hydrogen) atoms. The first-order valence-corrected chi connectivity index (χ1v) is 8.36. The average Bonchev–Trinajstić information content (AvgIpc) is 2.77. The van der Waals surface area contributed by atoms with Gasteiger partial charge < -0.3 is 0 Å². The van der Waals surface area contributed by atoms with Crippen LogP contribution in [-0.2, 0) is 11.3 Å². The minimum atomic E-state index is -0.320.